The second-order valence-electron chi connectivity index (χ2n) is 17.5. The number of piperazine rings is 1. The van der Waals surface area contributed by atoms with Crippen LogP contribution in [0.5, 0.6) is 5.75 Å². The molecule has 1 atom stereocenters. The summed E-state index contributed by atoms with van der Waals surface area (Å²) in [6, 6.07) is 21.4. The number of aryl methyl sites for hydroxylation is 4. The third kappa shape index (κ3) is 8.93. The van der Waals surface area contributed by atoms with E-state index in [9.17, 15) is 28.7 Å². The molecule has 14 nitrogen and oxygen atoms in total. The van der Waals surface area contributed by atoms with Crippen LogP contribution < -0.4 is 15.4 Å². The Morgan fingerprint density at radius 2 is 1.70 bits per heavy atom. The third-order valence-corrected chi connectivity index (χ3v) is 13.7. The molecule has 16 heteroatoms. The van der Waals surface area contributed by atoms with Crippen molar-refractivity contribution in [3.05, 3.63) is 118 Å². The zero-order valence-electron chi connectivity index (χ0n) is 37.9. The second kappa shape index (κ2) is 18.8. The van der Waals surface area contributed by atoms with Crippen LogP contribution in [0.2, 0.25) is 5.02 Å². The van der Waals surface area contributed by atoms with Crippen LogP contribution in [0, 0.1) is 26.6 Å². The number of nitrogens with one attached hydrogen (secondary N) is 2. The number of ether oxygens (including phenoxy) is 1. The van der Waals surface area contributed by atoms with Crippen LogP contribution >= 0.6 is 11.6 Å². The number of carbonyl (C=O) groups is 4. The van der Waals surface area contributed by atoms with Gasteiger partial charge in [-0.1, -0.05) is 35.9 Å². The minimum Gasteiger partial charge on any atom is -0.493 e. The predicted octanol–water partition coefficient (Wildman–Crippen LogP) is 7.95. The maximum atomic E-state index is 14.0. The topological polar surface area (TPSA) is 164 Å². The van der Waals surface area contributed by atoms with E-state index in [-0.39, 0.29) is 42.2 Å². The largest absolute Gasteiger partial charge is 0.493 e. The van der Waals surface area contributed by atoms with Crippen LogP contribution in [0.1, 0.15) is 63.9 Å². The van der Waals surface area contributed by atoms with Gasteiger partial charge in [0.2, 0.25) is 17.7 Å². The molecular formula is C51H52ClFN8O6. The first kappa shape index (κ1) is 45.3. The number of rotatable bonds is 14. The lowest BCUT2D eigenvalue weighted by Crippen LogP contribution is -2.50. The number of nitrogens with zero attached hydrogens (tertiary/aromatic N) is 6. The molecule has 0 radical (unpaired) electrons. The van der Waals surface area contributed by atoms with E-state index in [4.69, 9.17) is 21.3 Å². The molecule has 7 aromatic rings. The number of anilines is 1. The van der Waals surface area contributed by atoms with E-state index in [2.05, 4.69) is 20.6 Å². The zero-order chi connectivity index (χ0) is 47.1. The number of pyridine rings is 1. The van der Waals surface area contributed by atoms with E-state index in [0.717, 1.165) is 72.0 Å². The van der Waals surface area contributed by atoms with Gasteiger partial charge in [0.1, 0.15) is 17.3 Å². The van der Waals surface area contributed by atoms with Gasteiger partial charge >= 0.3 is 5.97 Å². The molecular weight excluding hydrogens is 875 g/mol. The summed E-state index contributed by atoms with van der Waals surface area (Å²) < 4.78 is 23.9. The Balaban J connectivity index is 0.912. The van der Waals surface area contributed by atoms with E-state index >= 15 is 0 Å². The Hall–Kier alpha value is -6.84. The van der Waals surface area contributed by atoms with Crippen molar-refractivity contribution in [3.63, 3.8) is 0 Å². The van der Waals surface area contributed by atoms with Crippen LogP contribution in [0.15, 0.2) is 72.8 Å². The van der Waals surface area contributed by atoms with Crippen molar-refractivity contribution in [2.24, 2.45) is 7.05 Å². The van der Waals surface area contributed by atoms with Gasteiger partial charge in [-0.15, -0.1) is 0 Å². The molecule has 1 unspecified atom stereocenters. The summed E-state index contributed by atoms with van der Waals surface area (Å²) >= 11 is 7.08. The van der Waals surface area contributed by atoms with E-state index in [1.807, 2.05) is 96.6 Å². The van der Waals surface area contributed by atoms with Gasteiger partial charge in [0.15, 0.2) is 0 Å². The van der Waals surface area contributed by atoms with Gasteiger partial charge in [-0.25, -0.2) is 9.18 Å². The number of aromatic carboxylic acids is 1. The Kier molecular flexibility index (Phi) is 12.7. The SMILES string of the molecule is Cc1nc2cccc(NCC(=O)N3CCN(CCn4c(C(=O)O)c(CCCOc5cccc6cc(F)ccc56)c5ccc(Cl)c(-c6c(C)nn(C)c6C)c54)CC3)c2cc1C1CCC(=O)NC1=O. The molecule has 2 aliphatic heterocycles. The molecule has 9 rings (SSSR count). The van der Waals surface area contributed by atoms with Gasteiger partial charge in [0, 0.05) is 97.1 Å². The molecule has 0 aliphatic carbocycles. The van der Waals surface area contributed by atoms with Gasteiger partial charge in [0.25, 0.3) is 0 Å². The summed E-state index contributed by atoms with van der Waals surface area (Å²) in [6.07, 6.45) is 1.62. The zero-order valence-corrected chi connectivity index (χ0v) is 38.7. The number of aromatic nitrogens is 4. The first-order valence-corrected chi connectivity index (χ1v) is 23.0. The monoisotopic (exact) mass is 926 g/mol. The fraction of sp³-hybridized carbons (Fsp3) is 0.333. The summed E-state index contributed by atoms with van der Waals surface area (Å²) in [7, 11) is 1.88. The summed E-state index contributed by atoms with van der Waals surface area (Å²) in [5.41, 5.74) is 7.85. The van der Waals surface area contributed by atoms with E-state index in [1.54, 1.807) is 6.07 Å². The standard InChI is InChI=1S/C51H52ClFN8O6/c1-29-38(37-16-18-44(62)56-50(37)64)27-39-41(10-6-11-42(39)55-29)54-28-45(63)60-22-19-59(20-23-60)21-24-61-48-36(15-17-40(52)47(48)46-30(2)57-58(4)31(46)3)35(49(61)51(65)66)9-7-25-67-43-12-5-8-32-26-33(53)13-14-34(32)43/h5-6,8,10-15,17,26-27,37,54H,7,9,16,18-25,28H2,1-4H3,(H,65,66)(H,56,62,64). The predicted molar refractivity (Wildman–Crippen MR) is 256 cm³/mol. The van der Waals surface area contributed by atoms with Crippen LogP contribution in [-0.4, -0.2) is 104 Å². The molecule has 0 bridgehead atoms. The molecule has 346 valence electrons. The molecule has 67 heavy (non-hydrogen) atoms. The van der Waals surface area contributed by atoms with E-state index in [0.29, 0.717) is 81.5 Å². The quantitative estimate of drug-likeness (QED) is 0.0721. The summed E-state index contributed by atoms with van der Waals surface area (Å²) in [4.78, 5) is 60.5. The number of hydrogen-bond acceptors (Lipinski definition) is 9. The minimum atomic E-state index is -1.04. The number of amides is 3. The van der Waals surface area contributed by atoms with Crippen molar-refractivity contribution in [1.82, 2.24) is 34.4 Å². The van der Waals surface area contributed by atoms with Gasteiger partial charge in [-0.2, -0.15) is 5.10 Å². The van der Waals surface area contributed by atoms with Crippen LogP contribution in [0.4, 0.5) is 10.1 Å². The highest BCUT2D eigenvalue weighted by Gasteiger charge is 2.31. The Morgan fingerprint density at radius 1 is 0.925 bits per heavy atom. The molecule has 0 saturated carbocycles. The highest BCUT2D eigenvalue weighted by atomic mass is 35.5. The molecule has 3 aromatic heterocycles. The Bertz CT molecular complexity index is 3120. The molecule has 4 aromatic carbocycles. The van der Waals surface area contributed by atoms with Gasteiger partial charge < -0.3 is 24.6 Å². The van der Waals surface area contributed by atoms with Crippen LogP contribution in [0.25, 0.3) is 43.7 Å². The average Bonchev–Trinajstić information content (AvgIpc) is 3.76. The Labute approximate surface area is 391 Å². The highest BCUT2D eigenvalue weighted by molar-refractivity contribution is 6.35. The average molecular weight is 927 g/mol. The minimum absolute atomic E-state index is 0.0591. The number of piperidine rings is 1. The van der Waals surface area contributed by atoms with Gasteiger partial charge in [0.05, 0.1) is 40.8 Å². The second-order valence-corrected chi connectivity index (χ2v) is 17.9. The molecule has 3 N–H and O–H groups in total. The number of carboxylic acid groups (broad SMARTS) is 1. The fourth-order valence-electron chi connectivity index (χ4n) is 9.92. The first-order chi connectivity index (χ1) is 32.3. The summed E-state index contributed by atoms with van der Waals surface area (Å²) in [6.45, 7) is 9.22. The maximum Gasteiger partial charge on any atom is 0.352 e. The molecule has 2 fully saturated rings. The number of benzene rings is 4. The van der Waals surface area contributed by atoms with E-state index < -0.39 is 11.9 Å². The van der Waals surface area contributed by atoms with Crippen LogP contribution in [0.3, 0.4) is 0 Å². The molecule has 0 spiro atoms. The van der Waals surface area contributed by atoms with Gasteiger partial charge in [-0.3, -0.25) is 34.3 Å². The Morgan fingerprint density at radius 3 is 2.45 bits per heavy atom. The smallest absolute Gasteiger partial charge is 0.352 e. The summed E-state index contributed by atoms with van der Waals surface area (Å²) in [5.74, 6) is -1.87. The third-order valence-electron chi connectivity index (χ3n) is 13.4. The number of imide groups is 1. The lowest BCUT2D eigenvalue weighted by Gasteiger charge is -2.35. The highest BCUT2D eigenvalue weighted by Crippen LogP contribution is 2.42. The van der Waals surface area contributed by atoms with Crippen molar-refractivity contribution >= 4 is 73.6 Å². The van der Waals surface area contributed by atoms with Crippen molar-refractivity contribution in [2.45, 2.75) is 58.9 Å². The van der Waals surface area contributed by atoms with Crippen molar-refractivity contribution < 1.29 is 33.4 Å². The molecule has 2 aliphatic rings. The normalized spacial score (nSPS) is 15.7. The lowest BCUT2D eigenvalue weighted by molar-refractivity contribution is -0.134. The molecule has 5 heterocycles. The maximum absolute atomic E-state index is 14.0. The number of carbonyl (C=O) groups excluding carboxylic acids is 3. The molecule has 3 amide bonds. The molecule has 2 saturated heterocycles. The number of fused-ring (bicyclic) bond motifs is 3. The van der Waals surface area contributed by atoms with Crippen molar-refractivity contribution in [3.8, 4) is 16.9 Å². The number of halogens is 2. The summed E-state index contributed by atoms with van der Waals surface area (Å²) in [5, 5.41) is 25.0. The van der Waals surface area contributed by atoms with E-state index in [1.165, 1.54) is 12.1 Å². The lowest BCUT2D eigenvalue weighted by atomic mass is 9.88. The number of carboxylic acids is 1. The van der Waals surface area contributed by atoms with Crippen molar-refractivity contribution in [1.29, 1.82) is 0 Å². The van der Waals surface area contributed by atoms with Crippen LogP contribution in [-0.2, 0) is 34.4 Å². The van der Waals surface area contributed by atoms with Gasteiger partial charge in [-0.05, 0) is 105 Å². The fourth-order valence-corrected chi connectivity index (χ4v) is 10.2. The first-order valence-electron chi connectivity index (χ1n) is 22.6. The van der Waals surface area contributed by atoms with Crippen molar-refractivity contribution in [2.75, 3.05) is 51.2 Å². The number of hydrogen-bond donors (Lipinski definition) is 3.